The van der Waals surface area contributed by atoms with E-state index in [2.05, 4.69) is 6.92 Å². The molecule has 1 atom stereocenters. The average molecular weight is 208 g/mol. The van der Waals surface area contributed by atoms with Gasteiger partial charge in [0.05, 0.1) is 11.2 Å². The number of nitrogens with zero attached hydrogens (tertiary/aromatic N) is 1. The molecule has 3 rings (SSSR count). The first kappa shape index (κ1) is 8.86. The molecule has 0 saturated heterocycles. The molecule has 0 bridgehead atoms. The minimum Gasteiger partial charge on any atom is -0.319 e. The number of aromatic nitrogens is 1. The Morgan fingerprint density at radius 1 is 1.43 bits per heavy atom. The van der Waals surface area contributed by atoms with Crippen LogP contribution >= 0.6 is 11.3 Å². The van der Waals surface area contributed by atoms with E-state index in [1.54, 1.807) is 0 Å². The van der Waals surface area contributed by atoms with Crippen LogP contribution < -0.4 is 5.73 Å². The molecule has 2 aliphatic rings. The SMILES string of the molecule is CC(N)(c1nc2c(s1)CCC2)C1CC1. The van der Waals surface area contributed by atoms with Crippen LogP contribution in [0.15, 0.2) is 0 Å². The van der Waals surface area contributed by atoms with Crippen molar-refractivity contribution in [2.45, 2.75) is 44.6 Å². The van der Waals surface area contributed by atoms with Crippen LogP contribution in [0, 0.1) is 5.92 Å². The minimum atomic E-state index is -0.144. The molecule has 14 heavy (non-hydrogen) atoms. The Balaban J connectivity index is 1.96. The maximum Gasteiger partial charge on any atom is 0.113 e. The molecule has 3 heteroatoms. The highest BCUT2D eigenvalue weighted by atomic mass is 32.1. The van der Waals surface area contributed by atoms with Crippen molar-refractivity contribution in [1.29, 1.82) is 0 Å². The lowest BCUT2D eigenvalue weighted by Crippen LogP contribution is -2.35. The first-order valence-corrected chi connectivity index (χ1v) is 6.27. The lowest BCUT2D eigenvalue weighted by atomic mass is 9.98. The topological polar surface area (TPSA) is 38.9 Å². The first-order chi connectivity index (χ1) is 6.68. The Bertz CT molecular complexity index is 342. The smallest absolute Gasteiger partial charge is 0.113 e. The highest BCUT2D eigenvalue weighted by Gasteiger charge is 2.42. The van der Waals surface area contributed by atoms with Crippen LogP contribution in [-0.4, -0.2) is 4.98 Å². The van der Waals surface area contributed by atoms with Gasteiger partial charge in [0.1, 0.15) is 5.01 Å². The van der Waals surface area contributed by atoms with Crippen LogP contribution in [-0.2, 0) is 18.4 Å². The molecule has 0 radical (unpaired) electrons. The Morgan fingerprint density at radius 2 is 2.21 bits per heavy atom. The van der Waals surface area contributed by atoms with Gasteiger partial charge >= 0.3 is 0 Å². The van der Waals surface area contributed by atoms with Gasteiger partial charge in [0, 0.05) is 4.88 Å². The lowest BCUT2D eigenvalue weighted by Gasteiger charge is -2.21. The molecular weight excluding hydrogens is 192 g/mol. The summed E-state index contributed by atoms with van der Waals surface area (Å²) < 4.78 is 0. The van der Waals surface area contributed by atoms with E-state index in [-0.39, 0.29) is 5.54 Å². The van der Waals surface area contributed by atoms with Gasteiger partial charge in [0.25, 0.3) is 0 Å². The first-order valence-electron chi connectivity index (χ1n) is 5.46. The molecule has 0 aliphatic heterocycles. The summed E-state index contributed by atoms with van der Waals surface area (Å²) in [4.78, 5) is 6.21. The Labute approximate surface area is 88.5 Å². The number of hydrogen-bond acceptors (Lipinski definition) is 3. The summed E-state index contributed by atoms with van der Waals surface area (Å²) in [5, 5.41) is 1.18. The molecule has 76 valence electrons. The summed E-state index contributed by atoms with van der Waals surface area (Å²) in [7, 11) is 0. The number of nitrogens with two attached hydrogens (primary N) is 1. The molecule has 0 spiro atoms. The van der Waals surface area contributed by atoms with Crippen molar-refractivity contribution >= 4 is 11.3 Å². The Hall–Kier alpha value is -0.410. The van der Waals surface area contributed by atoms with Gasteiger partial charge in [-0.15, -0.1) is 11.3 Å². The zero-order valence-electron chi connectivity index (χ0n) is 8.55. The van der Waals surface area contributed by atoms with E-state index in [1.807, 2.05) is 11.3 Å². The monoisotopic (exact) mass is 208 g/mol. The third-order valence-electron chi connectivity index (χ3n) is 3.48. The van der Waals surface area contributed by atoms with E-state index in [4.69, 9.17) is 10.7 Å². The van der Waals surface area contributed by atoms with Gasteiger partial charge in [-0.25, -0.2) is 4.98 Å². The average Bonchev–Trinajstić information content (AvgIpc) is 2.75. The van der Waals surface area contributed by atoms with Crippen LogP contribution in [0.3, 0.4) is 0 Å². The van der Waals surface area contributed by atoms with Gasteiger partial charge in [0.2, 0.25) is 0 Å². The van der Waals surface area contributed by atoms with Gasteiger partial charge in [0.15, 0.2) is 0 Å². The maximum atomic E-state index is 6.35. The summed E-state index contributed by atoms with van der Waals surface area (Å²) in [6.45, 7) is 2.15. The summed E-state index contributed by atoms with van der Waals surface area (Å²) in [5.74, 6) is 0.689. The van der Waals surface area contributed by atoms with E-state index in [1.165, 1.54) is 47.7 Å². The molecule has 2 aliphatic carbocycles. The lowest BCUT2D eigenvalue weighted by molar-refractivity contribution is 0.424. The standard InChI is InChI=1S/C11H16N2S/c1-11(12,7-5-6-7)10-13-8-3-2-4-9(8)14-10/h7H,2-6,12H2,1H3. The van der Waals surface area contributed by atoms with E-state index in [0.29, 0.717) is 5.92 Å². The molecule has 1 aromatic rings. The van der Waals surface area contributed by atoms with Crippen molar-refractivity contribution < 1.29 is 0 Å². The third-order valence-corrected chi connectivity index (χ3v) is 4.89. The van der Waals surface area contributed by atoms with Crippen molar-refractivity contribution in [1.82, 2.24) is 4.98 Å². The number of thiazole rings is 1. The van der Waals surface area contributed by atoms with Crippen molar-refractivity contribution in [3.8, 4) is 0 Å². The molecule has 1 saturated carbocycles. The minimum absolute atomic E-state index is 0.144. The molecule has 1 aromatic heterocycles. The van der Waals surface area contributed by atoms with E-state index in [9.17, 15) is 0 Å². The van der Waals surface area contributed by atoms with Gasteiger partial charge in [-0.1, -0.05) is 0 Å². The fourth-order valence-corrected chi connectivity index (χ4v) is 3.57. The highest BCUT2D eigenvalue weighted by Crippen LogP contribution is 2.45. The number of fused-ring (bicyclic) bond motifs is 1. The zero-order valence-corrected chi connectivity index (χ0v) is 9.36. The number of hydrogen-bond donors (Lipinski definition) is 1. The quantitative estimate of drug-likeness (QED) is 0.809. The van der Waals surface area contributed by atoms with Crippen LogP contribution in [0.4, 0.5) is 0 Å². The summed E-state index contributed by atoms with van der Waals surface area (Å²) >= 11 is 1.86. The predicted molar refractivity (Wildman–Crippen MR) is 58.4 cm³/mol. The zero-order chi connectivity index (χ0) is 9.76. The van der Waals surface area contributed by atoms with Crippen LogP contribution in [0.5, 0.6) is 0 Å². The largest absolute Gasteiger partial charge is 0.319 e. The van der Waals surface area contributed by atoms with Gasteiger partial charge in [-0.2, -0.15) is 0 Å². The maximum absolute atomic E-state index is 6.35. The molecular formula is C11H16N2S. The Morgan fingerprint density at radius 3 is 2.86 bits per heavy atom. The van der Waals surface area contributed by atoms with Crippen molar-refractivity contribution in [3.63, 3.8) is 0 Å². The molecule has 2 N–H and O–H groups in total. The molecule has 0 amide bonds. The highest BCUT2D eigenvalue weighted by molar-refractivity contribution is 7.12. The molecule has 1 heterocycles. The normalized spacial score (nSPS) is 24.7. The van der Waals surface area contributed by atoms with E-state index >= 15 is 0 Å². The summed E-state index contributed by atoms with van der Waals surface area (Å²) in [5.41, 5.74) is 7.54. The number of rotatable bonds is 2. The fourth-order valence-electron chi connectivity index (χ4n) is 2.28. The van der Waals surface area contributed by atoms with Gasteiger partial charge in [-0.3, -0.25) is 0 Å². The predicted octanol–water partition coefficient (Wildman–Crippen LogP) is 2.22. The summed E-state index contributed by atoms with van der Waals surface area (Å²) in [6.07, 6.45) is 6.27. The Kier molecular flexibility index (Phi) is 1.77. The van der Waals surface area contributed by atoms with Crippen LogP contribution in [0.25, 0.3) is 0 Å². The van der Waals surface area contributed by atoms with E-state index < -0.39 is 0 Å². The molecule has 0 aromatic carbocycles. The van der Waals surface area contributed by atoms with Crippen molar-refractivity contribution in [3.05, 3.63) is 15.6 Å². The second-order valence-electron chi connectivity index (χ2n) is 4.80. The van der Waals surface area contributed by atoms with Crippen molar-refractivity contribution in [2.75, 3.05) is 0 Å². The molecule has 1 fully saturated rings. The second kappa shape index (κ2) is 2.80. The number of aryl methyl sites for hydroxylation is 2. The van der Waals surface area contributed by atoms with Crippen LogP contribution in [0.1, 0.15) is 41.8 Å². The molecule has 2 nitrogen and oxygen atoms in total. The molecule has 1 unspecified atom stereocenters. The van der Waals surface area contributed by atoms with Gasteiger partial charge < -0.3 is 5.73 Å². The van der Waals surface area contributed by atoms with Crippen LogP contribution in [0.2, 0.25) is 0 Å². The van der Waals surface area contributed by atoms with Crippen molar-refractivity contribution in [2.24, 2.45) is 11.7 Å². The summed E-state index contributed by atoms with van der Waals surface area (Å²) in [6, 6.07) is 0. The second-order valence-corrected chi connectivity index (χ2v) is 5.88. The van der Waals surface area contributed by atoms with E-state index in [0.717, 1.165) is 0 Å². The third kappa shape index (κ3) is 1.22. The fraction of sp³-hybridized carbons (Fsp3) is 0.727. The van der Waals surface area contributed by atoms with Gasteiger partial charge in [-0.05, 0) is 44.9 Å².